The van der Waals surface area contributed by atoms with E-state index in [9.17, 15) is 0 Å². The lowest BCUT2D eigenvalue weighted by Gasteiger charge is -2.21. The molecule has 2 rings (SSSR count). The number of benzene rings is 1. The summed E-state index contributed by atoms with van der Waals surface area (Å²) >= 11 is 9.74. The fourth-order valence-corrected chi connectivity index (χ4v) is 3.22. The zero-order valence-electron chi connectivity index (χ0n) is 10.3. The maximum Gasteiger partial charge on any atom is 0.0684 e. The van der Waals surface area contributed by atoms with E-state index >= 15 is 0 Å². The van der Waals surface area contributed by atoms with Gasteiger partial charge in [0.25, 0.3) is 0 Å². The van der Waals surface area contributed by atoms with E-state index in [0.29, 0.717) is 0 Å². The molecule has 1 unspecified atom stereocenters. The van der Waals surface area contributed by atoms with Crippen LogP contribution in [0.1, 0.15) is 43.7 Å². The topological polar surface area (TPSA) is 38.0 Å². The number of nitrogens with one attached hydrogen (secondary N) is 1. The number of nitrogens with two attached hydrogens (primary N) is 1. The normalized spacial score (nSPS) is 18.1. The van der Waals surface area contributed by atoms with Gasteiger partial charge in [0.15, 0.2) is 0 Å². The first kappa shape index (κ1) is 14.1. The summed E-state index contributed by atoms with van der Waals surface area (Å²) < 4.78 is 0.988. The number of halogens is 2. The molecule has 3 N–H and O–H groups in total. The van der Waals surface area contributed by atoms with Gasteiger partial charge in [-0.2, -0.15) is 0 Å². The van der Waals surface area contributed by atoms with Crippen LogP contribution in [0.25, 0.3) is 0 Å². The molecule has 18 heavy (non-hydrogen) atoms. The Morgan fingerprint density at radius 2 is 2.11 bits per heavy atom. The van der Waals surface area contributed by atoms with Gasteiger partial charge in [-0.3, -0.25) is 5.84 Å². The average molecular weight is 330 g/mol. The molecule has 0 saturated heterocycles. The van der Waals surface area contributed by atoms with Crippen LogP contribution in [0.4, 0.5) is 0 Å². The van der Waals surface area contributed by atoms with E-state index in [4.69, 9.17) is 17.4 Å². The van der Waals surface area contributed by atoms with Gasteiger partial charge in [-0.25, -0.2) is 5.43 Å². The molecule has 0 bridgehead atoms. The minimum Gasteiger partial charge on any atom is -0.271 e. The predicted molar refractivity (Wildman–Crippen MR) is 80.4 cm³/mol. The minimum atomic E-state index is 0.0312. The summed E-state index contributed by atoms with van der Waals surface area (Å²) in [7, 11) is 0. The van der Waals surface area contributed by atoms with Crippen LogP contribution in [0.5, 0.6) is 0 Å². The van der Waals surface area contributed by atoms with Gasteiger partial charge in [-0.15, -0.1) is 0 Å². The summed E-state index contributed by atoms with van der Waals surface area (Å²) in [6.45, 7) is 0. The van der Waals surface area contributed by atoms with E-state index in [1.54, 1.807) is 0 Å². The van der Waals surface area contributed by atoms with Crippen LogP contribution < -0.4 is 11.3 Å². The van der Waals surface area contributed by atoms with E-state index in [1.165, 1.54) is 24.8 Å². The van der Waals surface area contributed by atoms with E-state index in [0.717, 1.165) is 27.9 Å². The number of hydrogen-bond donors (Lipinski definition) is 2. The van der Waals surface area contributed by atoms with Crippen molar-refractivity contribution in [3.63, 3.8) is 0 Å². The molecule has 0 radical (unpaired) electrons. The maximum absolute atomic E-state index is 6.31. The Morgan fingerprint density at radius 1 is 1.28 bits per heavy atom. The molecule has 1 aliphatic rings. The van der Waals surface area contributed by atoms with Crippen LogP contribution in [0.15, 0.2) is 34.3 Å². The van der Waals surface area contributed by atoms with Gasteiger partial charge in [-0.05, 0) is 43.4 Å². The third-order valence-corrected chi connectivity index (χ3v) is 4.21. The van der Waals surface area contributed by atoms with Crippen molar-refractivity contribution in [2.24, 2.45) is 5.84 Å². The highest BCUT2D eigenvalue weighted by Crippen LogP contribution is 2.33. The molecule has 0 amide bonds. The van der Waals surface area contributed by atoms with Crippen molar-refractivity contribution in [1.29, 1.82) is 0 Å². The molecule has 0 heterocycles. The van der Waals surface area contributed by atoms with E-state index in [-0.39, 0.29) is 6.04 Å². The minimum absolute atomic E-state index is 0.0312. The van der Waals surface area contributed by atoms with E-state index in [2.05, 4.69) is 27.4 Å². The molecule has 1 aromatic rings. The smallest absolute Gasteiger partial charge is 0.0684 e. The van der Waals surface area contributed by atoms with E-state index in [1.807, 2.05) is 18.2 Å². The second-order valence-electron chi connectivity index (χ2n) is 4.64. The van der Waals surface area contributed by atoms with Gasteiger partial charge in [0.2, 0.25) is 0 Å². The van der Waals surface area contributed by atoms with Gasteiger partial charge in [0, 0.05) is 9.50 Å². The molecular weight excluding hydrogens is 312 g/mol. The Kier molecular flexibility index (Phi) is 5.25. The molecule has 0 aliphatic heterocycles. The van der Waals surface area contributed by atoms with Gasteiger partial charge in [0.05, 0.1) is 6.04 Å². The molecule has 0 aromatic heterocycles. The molecule has 1 aliphatic carbocycles. The molecule has 0 fully saturated rings. The van der Waals surface area contributed by atoms with Crippen molar-refractivity contribution in [2.75, 3.05) is 0 Å². The first-order valence-corrected chi connectivity index (χ1v) is 7.49. The van der Waals surface area contributed by atoms with Crippen LogP contribution in [-0.4, -0.2) is 0 Å². The number of allylic oxidation sites excluding steroid dienone is 1. The average Bonchev–Trinajstić information content (AvgIpc) is 2.62. The van der Waals surface area contributed by atoms with Crippen molar-refractivity contribution in [2.45, 2.75) is 38.1 Å². The lowest BCUT2D eigenvalue weighted by molar-refractivity contribution is 0.593. The van der Waals surface area contributed by atoms with Crippen LogP contribution in [-0.2, 0) is 0 Å². The second-order valence-corrected chi connectivity index (χ2v) is 5.97. The molecule has 98 valence electrons. The van der Waals surface area contributed by atoms with Crippen molar-refractivity contribution in [3.8, 4) is 0 Å². The zero-order chi connectivity index (χ0) is 13.0. The summed E-state index contributed by atoms with van der Waals surface area (Å²) in [5, 5.41) is 0.748. The Hall–Kier alpha value is -0.350. The van der Waals surface area contributed by atoms with Crippen LogP contribution in [0, 0.1) is 0 Å². The predicted octanol–water partition coefficient (Wildman–Crippen LogP) is 4.50. The molecular formula is C14H18BrClN2. The third-order valence-electron chi connectivity index (χ3n) is 3.39. The van der Waals surface area contributed by atoms with Gasteiger partial charge < -0.3 is 0 Å². The lowest BCUT2D eigenvalue weighted by atomic mass is 9.95. The largest absolute Gasteiger partial charge is 0.271 e. The summed E-state index contributed by atoms with van der Waals surface area (Å²) in [5.74, 6) is 5.73. The van der Waals surface area contributed by atoms with Gasteiger partial charge >= 0.3 is 0 Å². The molecule has 2 nitrogen and oxygen atoms in total. The Balaban J connectivity index is 2.29. The summed E-state index contributed by atoms with van der Waals surface area (Å²) in [4.78, 5) is 0. The van der Waals surface area contributed by atoms with Crippen LogP contribution >= 0.6 is 27.5 Å². The number of hydrogen-bond acceptors (Lipinski definition) is 2. The molecule has 0 spiro atoms. The molecule has 0 saturated carbocycles. The van der Waals surface area contributed by atoms with Crippen LogP contribution in [0.2, 0.25) is 5.02 Å². The SMILES string of the molecule is NNC(C1=CCCCCC1)c1ccc(Br)cc1Cl. The highest BCUT2D eigenvalue weighted by atomic mass is 79.9. The first-order valence-electron chi connectivity index (χ1n) is 6.32. The van der Waals surface area contributed by atoms with Crippen molar-refractivity contribution >= 4 is 27.5 Å². The van der Waals surface area contributed by atoms with Crippen LogP contribution in [0.3, 0.4) is 0 Å². The fraction of sp³-hybridized carbons (Fsp3) is 0.429. The Bertz CT molecular complexity index is 445. The van der Waals surface area contributed by atoms with Crippen molar-refractivity contribution < 1.29 is 0 Å². The summed E-state index contributed by atoms with van der Waals surface area (Å²) in [6, 6.07) is 5.98. The van der Waals surface area contributed by atoms with Gasteiger partial charge in [0.1, 0.15) is 0 Å². The monoisotopic (exact) mass is 328 g/mol. The quantitative estimate of drug-likeness (QED) is 0.487. The lowest BCUT2D eigenvalue weighted by Crippen LogP contribution is -2.29. The molecule has 1 atom stereocenters. The van der Waals surface area contributed by atoms with Crippen molar-refractivity contribution in [1.82, 2.24) is 5.43 Å². The molecule has 1 aromatic carbocycles. The number of rotatable bonds is 3. The second kappa shape index (κ2) is 6.71. The third kappa shape index (κ3) is 3.35. The van der Waals surface area contributed by atoms with E-state index < -0.39 is 0 Å². The number of hydrazine groups is 1. The highest BCUT2D eigenvalue weighted by Gasteiger charge is 2.18. The Morgan fingerprint density at radius 3 is 2.83 bits per heavy atom. The van der Waals surface area contributed by atoms with Gasteiger partial charge in [-0.1, -0.05) is 51.7 Å². The summed E-state index contributed by atoms with van der Waals surface area (Å²) in [6.07, 6.45) is 8.36. The zero-order valence-corrected chi connectivity index (χ0v) is 12.6. The first-order chi connectivity index (χ1) is 8.72. The standard InChI is InChI=1S/C14H18BrClN2/c15-11-7-8-12(13(16)9-11)14(18-17)10-5-3-1-2-4-6-10/h5,7-9,14,18H,1-4,6,17H2. The summed E-state index contributed by atoms with van der Waals surface area (Å²) in [5.41, 5.74) is 5.32. The Labute approximate surface area is 122 Å². The fourth-order valence-electron chi connectivity index (χ4n) is 2.43. The maximum atomic E-state index is 6.31. The van der Waals surface area contributed by atoms with Crippen molar-refractivity contribution in [3.05, 3.63) is 44.9 Å². The highest BCUT2D eigenvalue weighted by molar-refractivity contribution is 9.10. The molecule has 4 heteroatoms.